The number of hydrogen-bond donors (Lipinski definition) is 1. The Kier molecular flexibility index (Phi) is 5.27. The molecule has 0 heterocycles. The Hall–Kier alpha value is -1.43. The Bertz CT molecular complexity index is 380. The van der Waals surface area contributed by atoms with Crippen molar-refractivity contribution in [2.45, 2.75) is 19.5 Å². The van der Waals surface area contributed by atoms with Crippen molar-refractivity contribution in [1.82, 2.24) is 0 Å². The Morgan fingerprint density at radius 3 is 2.44 bits per heavy atom. The molecule has 0 aromatic heterocycles. The number of benzene rings is 1. The van der Waals surface area contributed by atoms with Crippen LogP contribution in [0.15, 0.2) is 18.2 Å². The van der Waals surface area contributed by atoms with Crippen LogP contribution in [0.3, 0.4) is 0 Å². The van der Waals surface area contributed by atoms with Gasteiger partial charge in [-0.2, -0.15) is 13.2 Å². The molecule has 3 nitrogen and oxygen atoms in total. The molecule has 0 fully saturated rings. The van der Waals surface area contributed by atoms with Crippen LogP contribution in [-0.2, 0) is 10.9 Å². The molecule has 1 aromatic rings. The molecule has 0 radical (unpaired) electrons. The van der Waals surface area contributed by atoms with Gasteiger partial charge in [-0.1, -0.05) is 6.92 Å². The first-order valence-corrected chi connectivity index (χ1v) is 5.61. The molecule has 0 aliphatic heterocycles. The van der Waals surface area contributed by atoms with E-state index in [-0.39, 0.29) is 18.0 Å². The van der Waals surface area contributed by atoms with Crippen LogP contribution >= 0.6 is 0 Å². The first kappa shape index (κ1) is 14.6. The summed E-state index contributed by atoms with van der Waals surface area (Å²) < 4.78 is 47.8. The van der Waals surface area contributed by atoms with E-state index in [4.69, 9.17) is 15.2 Å². The summed E-state index contributed by atoms with van der Waals surface area (Å²) in [6, 6.07) is 3.16. The molecule has 6 heteroatoms. The van der Waals surface area contributed by atoms with E-state index < -0.39 is 11.7 Å². The van der Waals surface area contributed by atoms with Gasteiger partial charge in [0.1, 0.15) is 12.4 Å². The molecular formula is C12H16F3NO2. The predicted molar refractivity (Wildman–Crippen MR) is 62.5 cm³/mol. The summed E-state index contributed by atoms with van der Waals surface area (Å²) in [6.07, 6.45) is -3.54. The van der Waals surface area contributed by atoms with Gasteiger partial charge in [-0.25, -0.2) is 0 Å². The highest BCUT2D eigenvalue weighted by molar-refractivity contribution is 5.48. The topological polar surface area (TPSA) is 44.5 Å². The quantitative estimate of drug-likeness (QED) is 0.633. The van der Waals surface area contributed by atoms with E-state index in [2.05, 4.69) is 0 Å². The van der Waals surface area contributed by atoms with Gasteiger partial charge >= 0.3 is 6.18 Å². The molecule has 0 atom stereocenters. The van der Waals surface area contributed by atoms with Gasteiger partial charge in [0.2, 0.25) is 0 Å². The summed E-state index contributed by atoms with van der Waals surface area (Å²) in [4.78, 5) is 0. The van der Waals surface area contributed by atoms with Crippen molar-refractivity contribution in [2.75, 3.05) is 25.6 Å². The van der Waals surface area contributed by atoms with Crippen LogP contribution in [0.5, 0.6) is 5.75 Å². The third-order valence-corrected chi connectivity index (χ3v) is 2.10. The van der Waals surface area contributed by atoms with Crippen LogP contribution in [-0.4, -0.2) is 19.8 Å². The molecule has 0 unspecified atom stereocenters. The SMILES string of the molecule is CCCOCCOc1cc(N)cc(C(F)(F)F)c1. The molecule has 0 spiro atoms. The maximum atomic E-state index is 12.5. The van der Waals surface area contributed by atoms with E-state index in [0.717, 1.165) is 18.6 Å². The second kappa shape index (κ2) is 6.49. The zero-order valence-electron chi connectivity index (χ0n) is 10.1. The average molecular weight is 263 g/mol. The highest BCUT2D eigenvalue weighted by atomic mass is 19.4. The summed E-state index contributed by atoms with van der Waals surface area (Å²) in [7, 11) is 0. The van der Waals surface area contributed by atoms with Crippen LogP contribution in [0, 0.1) is 0 Å². The third kappa shape index (κ3) is 4.83. The lowest BCUT2D eigenvalue weighted by Crippen LogP contribution is -2.09. The minimum absolute atomic E-state index is 0.0225. The Balaban J connectivity index is 2.58. The highest BCUT2D eigenvalue weighted by Crippen LogP contribution is 2.33. The van der Waals surface area contributed by atoms with Crippen LogP contribution in [0.2, 0.25) is 0 Å². The van der Waals surface area contributed by atoms with Gasteiger partial charge in [-0.15, -0.1) is 0 Å². The van der Waals surface area contributed by atoms with Gasteiger partial charge in [0.15, 0.2) is 0 Å². The Morgan fingerprint density at radius 1 is 1.11 bits per heavy atom. The summed E-state index contributed by atoms with van der Waals surface area (Å²) in [5.41, 5.74) is 4.61. The van der Waals surface area contributed by atoms with Gasteiger partial charge in [0, 0.05) is 18.4 Å². The summed E-state index contributed by atoms with van der Waals surface area (Å²) in [6.45, 7) is 3.10. The number of nitrogens with two attached hydrogens (primary N) is 1. The van der Waals surface area contributed by atoms with Crippen LogP contribution < -0.4 is 10.5 Å². The molecule has 102 valence electrons. The second-order valence-corrected chi connectivity index (χ2v) is 3.75. The third-order valence-electron chi connectivity index (χ3n) is 2.10. The van der Waals surface area contributed by atoms with Gasteiger partial charge in [0.05, 0.1) is 12.2 Å². The first-order valence-electron chi connectivity index (χ1n) is 5.61. The van der Waals surface area contributed by atoms with Crippen molar-refractivity contribution in [1.29, 1.82) is 0 Å². The van der Waals surface area contributed by atoms with E-state index in [1.54, 1.807) is 0 Å². The lowest BCUT2D eigenvalue weighted by atomic mass is 10.2. The monoisotopic (exact) mass is 263 g/mol. The van der Waals surface area contributed by atoms with E-state index in [1.807, 2.05) is 6.92 Å². The predicted octanol–water partition coefficient (Wildman–Crippen LogP) is 3.09. The number of alkyl halides is 3. The Labute approximate surface area is 104 Å². The molecule has 0 amide bonds. The van der Waals surface area contributed by atoms with Crippen molar-refractivity contribution in [3.63, 3.8) is 0 Å². The number of nitrogen functional groups attached to an aromatic ring is 1. The molecule has 0 bridgehead atoms. The summed E-state index contributed by atoms with van der Waals surface area (Å²) in [5.74, 6) is 0.0995. The lowest BCUT2D eigenvalue weighted by molar-refractivity contribution is -0.137. The van der Waals surface area contributed by atoms with Gasteiger partial charge in [-0.3, -0.25) is 0 Å². The maximum Gasteiger partial charge on any atom is 0.416 e. The minimum Gasteiger partial charge on any atom is -0.491 e. The second-order valence-electron chi connectivity index (χ2n) is 3.75. The largest absolute Gasteiger partial charge is 0.491 e. The number of rotatable bonds is 6. The standard InChI is InChI=1S/C12H16F3NO2/c1-2-3-17-4-5-18-11-7-9(12(13,14)15)6-10(16)8-11/h6-8H,2-5,16H2,1H3. The number of anilines is 1. The molecule has 0 saturated carbocycles. The van der Waals surface area contributed by atoms with Crippen molar-refractivity contribution in [3.05, 3.63) is 23.8 Å². The molecule has 0 aliphatic rings. The average Bonchev–Trinajstić information content (AvgIpc) is 2.27. The maximum absolute atomic E-state index is 12.5. The molecule has 2 N–H and O–H groups in total. The molecular weight excluding hydrogens is 247 g/mol. The number of hydrogen-bond acceptors (Lipinski definition) is 3. The minimum atomic E-state index is -4.42. The van der Waals surface area contributed by atoms with Crippen LogP contribution in [0.25, 0.3) is 0 Å². The fraction of sp³-hybridized carbons (Fsp3) is 0.500. The van der Waals surface area contributed by atoms with Gasteiger partial charge in [0.25, 0.3) is 0 Å². The van der Waals surface area contributed by atoms with Crippen molar-refractivity contribution in [2.24, 2.45) is 0 Å². The van der Waals surface area contributed by atoms with Crippen molar-refractivity contribution >= 4 is 5.69 Å². The molecule has 1 aromatic carbocycles. The zero-order chi connectivity index (χ0) is 13.6. The fourth-order valence-electron chi connectivity index (χ4n) is 1.33. The summed E-state index contributed by atoms with van der Waals surface area (Å²) >= 11 is 0. The van der Waals surface area contributed by atoms with Crippen LogP contribution in [0.4, 0.5) is 18.9 Å². The summed E-state index contributed by atoms with van der Waals surface area (Å²) in [5, 5.41) is 0. The Morgan fingerprint density at radius 2 is 1.83 bits per heavy atom. The van der Waals surface area contributed by atoms with Gasteiger partial charge in [-0.05, 0) is 18.6 Å². The lowest BCUT2D eigenvalue weighted by Gasteiger charge is -2.11. The van der Waals surface area contributed by atoms with E-state index in [9.17, 15) is 13.2 Å². The molecule has 0 aliphatic carbocycles. The van der Waals surface area contributed by atoms with E-state index >= 15 is 0 Å². The smallest absolute Gasteiger partial charge is 0.416 e. The first-order chi connectivity index (χ1) is 8.43. The molecule has 1 rings (SSSR count). The highest BCUT2D eigenvalue weighted by Gasteiger charge is 2.31. The fourth-order valence-corrected chi connectivity index (χ4v) is 1.33. The number of halogens is 3. The van der Waals surface area contributed by atoms with Crippen LogP contribution in [0.1, 0.15) is 18.9 Å². The van der Waals surface area contributed by atoms with Gasteiger partial charge < -0.3 is 15.2 Å². The molecule has 0 saturated heterocycles. The zero-order valence-corrected chi connectivity index (χ0v) is 10.1. The number of ether oxygens (including phenoxy) is 2. The van der Waals surface area contributed by atoms with Crippen molar-refractivity contribution in [3.8, 4) is 5.75 Å². The van der Waals surface area contributed by atoms with E-state index in [0.29, 0.717) is 13.2 Å². The normalized spacial score (nSPS) is 11.6. The van der Waals surface area contributed by atoms with E-state index in [1.165, 1.54) is 6.07 Å². The molecule has 18 heavy (non-hydrogen) atoms. The van der Waals surface area contributed by atoms with Crippen molar-refractivity contribution < 1.29 is 22.6 Å².